The fraction of sp³-hybridized carbons (Fsp3) is 0.778. The largest absolute Gasteiger partial charge is 0.395 e. The molecular weight excluding hydrogens is 182 g/mol. The fourth-order valence-corrected chi connectivity index (χ4v) is 1.92. The number of aliphatic hydroxyl groups excluding tert-OH is 1. The Bertz CT molecular complexity index is 263. The molecule has 1 saturated heterocycles. The van der Waals surface area contributed by atoms with Crippen molar-refractivity contribution in [2.75, 3.05) is 13.2 Å². The van der Waals surface area contributed by atoms with Crippen LogP contribution in [0.3, 0.4) is 0 Å². The predicted octanol–water partition coefficient (Wildman–Crippen LogP) is 0.416. The first kappa shape index (κ1) is 9.61. The van der Waals surface area contributed by atoms with Crippen molar-refractivity contribution in [1.82, 2.24) is 15.0 Å². The molecule has 0 aromatic carbocycles. The molecule has 2 rings (SSSR count). The Morgan fingerprint density at radius 3 is 3.21 bits per heavy atom. The van der Waals surface area contributed by atoms with Crippen LogP contribution in [0.25, 0.3) is 0 Å². The number of aromatic nitrogens is 2. The summed E-state index contributed by atoms with van der Waals surface area (Å²) in [4.78, 5) is 6.19. The molecule has 0 spiro atoms. The van der Waals surface area contributed by atoms with E-state index in [1.807, 2.05) is 0 Å². The molecule has 2 heterocycles. The summed E-state index contributed by atoms with van der Waals surface area (Å²) in [6, 6.07) is 0.266. The van der Waals surface area contributed by atoms with Gasteiger partial charge in [-0.05, 0) is 19.4 Å². The van der Waals surface area contributed by atoms with Gasteiger partial charge in [0.1, 0.15) is 0 Å². The standard InChI is InChI=1S/C9H15N3O2/c13-6-8-3-1-2-4-12(8)5-9-10-7-14-11-9/h7-8,13H,1-6H2. The van der Waals surface area contributed by atoms with Crippen LogP contribution in [0.2, 0.25) is 0 Å². The molecule has 1 aromatic rings. The normalized spacial score (nSPS) is 23.9. The third-order valence-corrected chi connectivity index (χ3v) is 2.71. The Morgan fingerprint density at radius 1 is 1.57 bits per heavy atom. The minimum atomic E-state index is 0.220. The van der Waals surface area contributed by atoms with E-state index in [2.05, 4.69) is 19.6 Å². The smallest absolute Gasteiger partial charge is 0.213 e. The molecule has 78 valence electrons. The molecule has 0 aliphatic carbocycles. The summed E-state index contributed by atoms with van der Waals surface area (Å²) in [5, 5.41) is 13.0. The summed E-state index contributed by atoms with van der Waals surface area (Å²) in [5.74, 6) is 0.699. The van der Waals surface area contributed by atoms with E-state index >= 15 is 0 Å². The molecule has 1 aliphatic rings. The number of likely N-dealkylation sites (tertiary alicyclic amines) is 1. The van der Waals surface area contributed by atoms with Gasteiger partial charge in [0.25, 0.3) is 0 Å². The lowest BCUT2D eigenvalue weighted by Gasteiger charge is -2.33. The Labute approximate surface area is 82.7 Å². The molecule has 1 aliphatic heterocycles. The Hall–Kier alpha value is -0.940. The number of aliphatic hydroxyl groups is 1. The first-order chi connectivity index (χ1) is 6.90. The van der Waals surface area contributed by atoms with Gasteiger partial charge < -0.3 is 9.63 Å². The zero-order chi connectivity index (χ0) is 9.80. The van der Waals surface area contributed by atoms with Crippen LogP contribution in [-0.2, 0) is 6.54 Å². The van der Waals surface area contributed by atoms with Gasteiger partial charge in [0.05, 0.1) is 13.2 Å². The Kier molecular flexibility index (Phi) is 3.10. The number of hydrogen-bond acceptors (Lipinski definition) is 5. The van der Waals surface area contributed by atoms with Crippen molar-refractivity contribution in [1.29, 1.82) is 0 Å². The summed E-state index contributed by atoms with van der Waals surface area (Å²) in [6.07, 6.45) is 4.80. The second-order valence-electron chi connectivity index (χ2n) is 3.65. The number of piperidine rings is 1. The zero-order valence-corrected chi connectivity index (χ0v) is 8.09. The molecule has 5 heteroatoms. The lowest BCUT2D eigenvalue weighted by atomic mass is 10.0. The van der Waals surface area contributed by atoms with Crippen LogP contribution in [-0.4, -0.2) is 39.3 Å². The highest BCUT2D eigenvalue weighted by Gasteiger charge is 2.22. The Balaban J connectivity index is 1.94. The summed E-state index contributed by atoms with van der Waals surface area (Å²) in [7, 11) is 0. The maximum absolute atomic E-state index is 9.18. The van der Waals surface area contributed by atoms with Gasteiger partial charge in [0.15, 0.2) is 5.82 Å². The second-order valence-corrected chi connectivity index (χ2v) is 3.65. The Morgan fingerprint density at radius 2 is 2.50 bits per heavy atom. The number of nitrogens with zero attached hydrogens (tertiary/aromatic N) is 3. The molecule has 0 bridgehead atoms. The molecule has 5 nitrogen and oxygen atoms in total. The number of rotatable bonds is 3. The molecule has 1 aromatic heterocycles. The van der Waals surface area contributed by atoms with Gasteiger partial charge in [-0.3, -0.25) is 4.90 Å². The first-order valence-corrected chi connectivity index (χ1v) is 5.00. The van der Waals surface area contributed by atoms with Crippen LogP contribution in [0.1, 0.15) is 25.1 Å². The highest BCUT2D eigenvalue weighted by atomic mass is 16.5. The van der Waals surface area contributed by atoms with E-state index in [1.54, 1.807) is 0 Å². The van der Waals surface area contributed by atoms with Gasteiger partial charge in [0.2, 0.25) is 6.39 Å². The predicted molar refractivity (Wildman–Crippen MR) is 49.4 cm³/mol. The average Bonchev–Trinajstić information content (AvgIpc) is 2.71. The van der Waals surface area contributed by atoms with E-state index in [4.69, 9.17) is 0 Å². The molecule has 14 heavy (non-hydrogen) atoms. The third-order valence-electron chi connectivity index (χ3n) is 2.71. The highest BCUT2D eigenvalue weighted by Crippen LogP contribution is 2.17. The monoisotopic (exact) mass is 197 g/mol. The van der Waals surface area contributed by atoms with Gasteiger partial charge >= 0.3 is 0 Å². The van der Waals surface area contributed by atoms with Gasteiger partial charge in [-0.2, -0.15) is 4.98 Å². The van der Waals surface area contributed by atoms with Crippen LogP contribution in [0, 0.1) is 0 Å². The SMILES string of the molecule is OCC1CCCCN1Cc1ncon1. The molecule has 1 unspecified atom stereocenters. The molecular formula is C9H15N3O2. The molecule has 0 amide bonds. The maximum Gasteiger partial charge on any atom is 0.213 e. The van der Waals surface area contributed by atoms with E-state index in [-0.39, 0.29) is 12.6 Å². The van der Waals surface area contributed by atoms with Crippen LogP contribution in [0.4, 0.5) is 0 Å². The fourth-order valence-electron chi connectivity index (χ4n) is 1.92. The molecule has 1 N–H and O–H groups in total. The van der Waals surface area contributed by atoms with Crippen LogP contribution in [0.15, 0.2) is 10.9 Å². The van der Waals surface area contributed by atoms with Gasteiger partial charge in [-0.1, -0.05) is 11.6 Å². The summed E-state index contributed by atoms with van der Waals surface area (Å²) in [6.45, 7) is 1.92. The summed E-state index contributed by atoms with van der Waals surface area (Å²) >= 11 is 0. The molecule has 1 fully saturated rings. The summed E-state index contributed by atoms with van der Waals surface area (Å²) in [5.41, 5.74) is 0. The topological polar surface area (TPSA) is 62.4 Å². The van der Waals surface area contributed by atoms with E-state index in [9.17, 15) is 5.11 Å². The van der Waals surface area contributed by atoms with Crippen molar-refractivity contribution in [3.05, 3.63) is 12.2 Å². The lowest BCUT2D eigenvalue weighted by molar-refractivity contribution is 0.0812. The average molecular weight is 197 g/mol. The van der Waals surface area contributed by atoms with Gasteiger partial charge in [-0.25, -0.2) is 0 Å². The van der Waals surface area contributed by atoms with Gasteiger partial charge in [0, 0.05) is 6.04 Å². The van der Waals surface area contributed by atoms with E-state index in [1.165, 1.54) is 19.2 Å². The third kappa shape index (κ3) is 2.10. The van der Waals surface area contributed by atoms with Crippen molar-refractivity contribution in [2.45, 2.75) is 31.8 Å². The quantitative estimate of drug-likeness (QED) is 0.760. The minimum Gasteiger partial charge on any atom is -0.395 e. The van der Waals surface area contributed by atoms with Crippen molar-refractivity contribution >= 4 is 0 Å². The van der Waals surface area contributed by atoms with Crippen LogP contribution >= 0.6 is 0 Å². The molecule has 0 saturated carbocycles. The van der Waals surface area contributed by atoms with Crippen LogP contribution in [0.5, 0.6) is 0 Å². The zero-order valence-electron chi connectivity index (χ0n) is 8.09. The maximum atomic E-state index is 9.18. The van der Waals surface area contributed by atoms with E-state index in [0.717, 1.165) is 13.0 Å². The second kappa shape index (κ2) is 4.52. The first-order valence-electron chi connectivity index (χ1n) is 5.00. The lowest BCUT2D eigenvalue weighted by Crippen LogP contribution is -2.41. The van der Waals surface area contributed by atoms with E-state index < -0.39 is 0 Å². The summed E-state index contributed by atoms with van der Waals surface area (Å²) < 4.78 is 4.67. The van der Waals surface area contributed by atoms with Crippen molar-refractivity contribution in [3.8, 4) is 0 Å². The van der Waals surface area contributed by atoms with Crippen molar-refractivity contribution in [3.63, 3.8) is 0 Å². The van der Waals surface area contributed by atoms with Crippen molar-refractivity contribution < 1.29 is 9.63 Å². The van der Waals surface area contributed by atoms with Crippen LogP contribution < -0.4 is 0 Å². The number of hydrogen-bond donors (Lipinski definition) is 1. The minimum absolute atomic E-state index is 0.220. The molecule has 0 radical (unpaired) electrons. The van der Waals surface area contributed by atoms with Crippen molar-refractivity contribution in [2.24, 2.45) is 0 Å². The highest BCUT2D eigenvalue weighted by molar-refractivity contribution is 4.83. The van der Waals surface area contributed by atoms with Gasteiger partial charge in [-0.15, -0.1) is 0 Å². The van der Waals surface area contributed by atoms with E-state index in [0.29, 0.717) is 12.4 Å². The molecule has 1 atom stereocenters.